The van der Waals surface area contributed by atoms with E-state index in [4.69, 9.17) is 39.1 Å². The van der Waals surface area contributed by atoms with Gasteiger partial charge in [0.2, 0.25) is 12.1 Å². The lowest BCUT2D eigenvalue weighted by Gasteiger charge is -2.15. The van der Waals surface area contributed by atoms with Crippen molar-refractivity contribution in [1.82, 2.24) is 5.32 Å². The predicted octanol–water partition coefficient (Wildman–Crippen LogP) is 4.29. The van der Waals surface area contributed by atoms with Gasteiger partial charge in [0.15, 0.2) is 0 Å². The molecule has 0 radical (unpaired) electrons. The van der Waals surface area contributed by atoms with Gasteiger partial charge in [0.1, 0.15) is 0 Å². The van der Waals surface area contributed by atoms with Crippen molar-refractivity contribution in [3.8, 4) is 0 Å². The van der Waals surface area contributed by atoms with Crippen LogP contribution in [0.2, 0.25) is 10.0 Å². The van der Waals surface area contributed by atoms with E-state index in [0.29, 0.717) is 15.6 Å². The van der Waals surface area contributed by atoms with Gasteiger partial charge in [0.05, 0.1) is 0 Å². The Balaban J connectivity index is 0.000000527. The third-order valence-electron chi connectivity index (χ3n) is 3.42. The van der Waals surface area contributed by atoms with Crippen LogP contribution >= 0.6 is 23.2 Å². The number of amides is 2. The van der Waals surface area contributed by atoms with Crippen LogP contribution in [0.1, 0.15) is 27.6 Å². The molecule has 0 aromatic heterocycles. The summed E-state index contributed by atoms with van der Waals surface area (Å²) < 4.78 is 73.3. The second-order valence-corrected chi connectivity index (χ2v) is 7.02. The maximum Gasteiger partial charge on any atom is 0.439 e. The van der Waals surface area contributed by atoms with Gasteiger partial charge in [0.25, 0.3) is 12.2 Å². The fourth-order valence-corrected chi connectivity index (χ4v) is 2.01. The number of nitrogens with two attached hydrogens (primary N) is 1. The Kier molecular flexibility index (Phi) is 13.6. The molecule has 2 aromatic carbocycles. The SMILES string of the molecule is CCOC(O)C(F)(F)F.NC(=O)c1ccc(Cl)cc1.O=C(NC(O)C(F)(F)F)c1ccc(Cl)cc1. The molecule has 5 N–H and O–H groups in total. The average Bonchev–Trinajstić information content (AvgIpc) is 2.74. The number of nitrogens with one attached hydrogen (secondary N) is 1. The molecule has 2 rings (SSSR count). The Morgan fingerprint density at radius 3 is 1.57 bits per heavy atom. The summed E-state index contributed by atoms with van der Waals surface area (Å²) in [6.45, 7) is 1.22. The largest absolute Gasteiger partial charge is 0.439 e. The third-order valence-corrected chi connectivity index (χ3v) is 3.92. The van der Waals surface area contributed by atoms with Crippen LogP contribution in [0.25, 0.3) is 0 Å². The molecule has 0 saturated carbocycles. The van der Waals surface area contributed by atoms with E-state index in [1.54, 1.807) is 24.3 Å². The molecule has 2 aromatic rings. The smallest absolute Gasteiger partial charge is 0.366 e. The zero-order chi connectivity index (χ0) is 27.4. The van der Waals surface area contributed by atoms with Gasteiger partial charge >= 0.3 is 12.4 Å². The topological polar surface area (TPSA) is 122 Å². The molecule has 0 bridgehead atoms. The van der Waals surface area contributed by atoms with E-state index in [2.05, 4.69) is 4.74 Å². The summed E-state index contributed by atoms with van der Waals surface area (Å²) >= 11 is 11.1. The van der Waals surface area contributed by atoms with Crippen molar-refractivity contribution in [3.05, 3.63) is 69.7 Å². The average molecular weight is 553 g/mol. The molecule has 15 heteroatoms. The number of primary amides is 1. The minimum atomic E-state index is -4.89. The number of alkyl halides is 6. The minimum Gasteiger partial charge on any atom is -0.366 e. The second kappa shape index (κ2) is 14.7. The van der Waals surface area contributed by atoms with Crippen molar-refractivity contribution in [3.63, 3.8) is 0 Å². The number of aliphatic hydroxyl groups is 2. The van der Waals surface area contributed by atoms with Gasteiger partial charge < -0.3 is 26.0 Å². The summed E-state index contributed by atoms with van der Waals surface area (Å²) in [7, 11) is 0. The molecule has 0 heterocycles. The number of rotatable bonds is 5. The van der Waals surface area contributed by atoms with Crippen molar-refractivity contribution in [2.75, 3.05) is 6.61 Å². The predicted molar refractivity (Wildman–Crippen MR) is 115 cm³/mol. The molecule has 196 valence electrons. The van der Waals surface area contributed by atoms with E-state index in [-0.39, 0.29) is 12.2 Å². The lowest BCUT2D eigenvalue weighted by atomic mass is 10.2. The van der Waals surface area contributed by atoms with Crippen LogP contribution in [0.5, 0.6) is 0 Å². The fraction of sp³-hybridized carbons (Fsp3) is 0.300. The van der Waals surface area contributed by atoms with Crippen LogP contribution in [0.3, 0.4) is 0 Å². The van der Waals surface area contributed by atoms with E-state index in [0.717, 1.165) is 0 Å². The first-order chi connectivity index (χ1) is 16.0. The first kappa shape index (κ1) is 32.4. The summed E-state index contributed by atoms with van der Waals surface area (Å²) in [5.41, 5.74) is 5.44. The molecule has 0 aliphatic carbocycles. The standard InChI is InChI=1S/C9H7ClF3NO2.C7H6ClNO.C4H7F3O2/c10-6-3-1-5(2-4-6)7(15)14-8(16)9(11,12)13;8-6-3-1-5(2-4-6)7(9)10;1-2-9-3(8)4(5,6)7/h1-4,8,16H,(H,14,15);1-4H,(H2,9,10);3,8H,2H2,1H3. The van der Waals surface area contributed by atoms with Crippen LogP contribution in [0.15, 0.2) is 48.5 Å². The normalized spacial score (nSPS) is 12.8. The maximum absolute atomic E-state index is 11.9. The summed E-state index contributed by atoms with van der Waals surface area (Å²) in [5.74, 6) is -1.46. The highest BCUT2D eigenvalue weighted by Crippen LogP contribution is 2.20. The van der Waals surface area contributed by atoms with E-state index < -0.39 is 36.7 Å². The van der Waals surface area contributed by atoms with Crippen LogP contribution in [-0.2, 0) is 4.74 Å². The van der Waals surface area contributed by atoms with Gasteiger partial charge in [-0.2, -0.15) is 26.3 Å². The lowest BCUT2D eigenvalue weighted by molar-refractivity contribution is -0.292. The summed E-state index contributed by atoms with van der Waals surface area (Å²) in [4.78, 5) is 21.7. The molecule has 0 aliphatic heterocycles. The van der Waals surface area contributed by atoms with Gasteiger partial charge in [0, 0.05) is 27.8 Å². The summed E-state index contributed by atoms with van der Waals surface area (Å²) in [6.07, 6.45) is -15.1. The Morgan fingerprint density at radius 1 is 0.886 bits per heavy atom. The van der Waals surface area contributed by atoms with Gasteiger partial charge in [-0.1, -0.05) is 23.2 Å². The van der Waals surface area contributed by atoms with Crippen LogP contribution in [-0.4, -0.2) is 53.5 Å². The van der Waals surface area contributed by atoms with Gasteiger partial charge in [-0.25, -0.2) is 0 Å². The molecule has 35 heavy (non-hydrogen) atoms. The van der Waals surface area contributed by atoms with Crippen molar-refractivity contribution in [2.45, 2.75) is 31.8 Å². The molecule has 2 unspecified atom stereocenters. The number of hydrogen-bond acceptors (Lipinski definition) is 5. The molecule has 7 nitrogen and oxygen atoms in total. The molecule has 0 aliphatic rings. The second-order valence-electron chi connectivity index (χ2n) is 6.14. The van der Waals surface area contributed by atoms with Crippen LogP contribution in [0.4, 0.5) is 26.3 Å². The van der Waals surface area contributed by atoms with E-state index in [1.165, 1.54) is 36.5 Å². The Labute approximate surface area is 205 Å². The number of hydrogen-bond donors (Lipinski definition) is 4. The third kappa shape index (κ3) is 13.8. The summed E-state index contributed by atoms with van der Waals surface area (Å²) in [5, 5.41) is 19.0. The highest BCUT2D eigenvalue weighted by atomic mass is 35.5. The van der Waals surface area contributed by atoms with Crippen molar-refractivity contribution in [1.29, 1.82) is 0 Å². The molecule has 0 spiro atoms. The lowest BCUT2D eigenvalue weighted by Crippen LogP contribution is -2.45. The minimum absolute atomic E-state index is 0.0206. The number of carbonyl (C=O) groups excluding carboxylic acids is 2. The number of ether oxygens (including phenoxy) is 1. The van der Waals surface area contributed by atoms with E-state index in [1.807, 2.05) is 0 Å². The number of halogens is 8. The van der Waals surface area contributed by atoms with E-state index in [9.17, 15) is 35.9 Å². The van der Waals surface area contributed by atoms with Crippen LogP contribution < -0.4 is 11.1 Å². The highest BCUT2D eigenvalue weighted by Gasteiger charge is 2.40. The van der Waals surface area contributed by atoms with Gasteiger partial charge in [-0.05, 0) is 55.5 Å². The monoisotopic (exact) mass is 552 g/mol. The van der Waals surface area contributed by atoms with Crippen molar-refractivity contribution < 1.29 is 50.9 Å². The van der Waals surface area contributed by atoms with Crippen molar-refractivity contribution in [2.24, 2.45) is 5.73 Å². The zero-order valence-electron chi connectivity index (χ0n) is 17.7. The number of carbonyl (C=O) groups is 2. The van der Waals surface area contributed by atoms with Crippen LogP contribution in [0, 0.1) is 0 Å². The molecule has 2 amide bonds. The quantitative estimate of drug-likeness (QED) is 0.325. The number of benzene rings is 2. The first-order valence-corrected chi connectivity index (χ1v) is 9.97. The highest BCUT2D eigenvalue weighted by molar-refractivity contribution is 6.31. The first-order valence-electron chi connectivity index (χ1n) is 9.22. The Morgan fingerprint density at radius 2 is 1.29 bits per heavy atom. The zero-order valence-corrected chi connectivity index (χ0v) is 19.2. The Hall–Kier alpha value is -2.58. The maximum atomic E-state index is 11.9. The molecular formula is C20H20Cl2F6N2O5. The molecule has 0 fully saturated rings. The Bertz CT molecular complexity index is 926. The molecular weight excluding hydrogens is 533 g/mol. The fourth-order valence-electron chi connectivity index (χ4n) is 1.76. The molecule has 2 atom stereocenters. The number of aliphatic hydroxyl groups excluding tert-OH is 2. The van der Waals surface area contributed by atoms with Crippen molar-refractivity contribution >= 4 is 35.0 Å². The van der Waals surface area contributed by atoms with Gasteiger partial charge in [-0.15, -0.1) is 0 Å². The summed E-state index contributed by atoms with van der Waals surface area (Å²) in [6, 6.07) is 11.6. The van der Waals surface area contributed by atoms with E-state index >= 15 is 0 Å². The molecule has 0 saturated heterocycles. The van der Waals surface area contributed by atoms with Gasteiger partial charge in [-0.3, -0.25) is 9.59 Å².